The van der Waals surface area contributed by atoms with Crippen molar-refractivity contribution in [3.8, 4) is 11.1 Å². The van der Waals surface area contributed by atoms with Crippen molar-refractivity contribution in [2.45, 2.75) is 19.4 Å². The Morgan fingerprint density at radius 1 is 1.25 bits per heavy atom. The highest BCUT2D eigenvalue weighted by Gasteiger charge is 2.28. The number of carbonyl (C=O) groups excluding carboxylic acids is 2. The first kappa shape index (κ1) is 23.0. The van der Waals surface area contributed by atoms with Gasteiger partial charge in [-0.15, -0.1) is 11.3 Å². The molecule has 0 radical (unpaired) electrons. The lowest BCUT2D eigenvalue weighted by Crippen LogP contribution is -2.42. The number of nitrogen functional groups attached to an aromatic ring is 1. The molecule has 3 rings (SSSR count). The molecular weight excluding hydrogens is 428 g/mol. The molecule has 1 aromatic carbocycles. The zero-order valence-corrected chi connectivity index (χ0v) is 18.5. The van der Waals surface area contributed by atoms with Gasteiger partial charge in [-0.2, -0.15) is 4.73 Å². The van der Waals surface area contributed by atoms with Crippen LogP contribution in [-0.2, 0) is 16.0 Å². The Morgan fingerprint density at radius 2 is 2.03 bits per heavy atom. The van der Waals surface area contributed by atoms with Gasteiger partial charge in [-0.3, -0.25) is 15.0 Å². The van der Waals surface area contributed by atoms with Crippen LogP contribution >= 0.6 is 11.3 Å². The second-order valence-corrected chi connectivity index (χ2v) is 8.27. The number of hydrogen-bond donors (Lipinski definition) is 3. The Hall–Kier alpha value is -3.72. The molecule has 2 heterocycles. The van der Waals surface area contributed by atoms with Gasteiger partial charge in [-0.25, -0.2) is 0 Å². The standard InChI is InChI=1S/C23H24N4O4S/c1-14(19(23(29)31-2)10-15-5-3-6-16(9-15)21(24)25)26-22(28)20-11-18(13-32-20)17-7-4-8-27(30)12-17/h3-9,11-14,19H,10H2,1-2H3,(H3,24,25)(H,26,28)/t14?,19-/m0/s1. The molecule has 9 heteroatoms. The molecule has 1 unspecified atom stereocenters. The van der Waals surface area contributed by atoms with Crippen molar-refractivity contribution >= 4 is 29.0 Å². The Balaban J connectivity index is 1.74. The smallest absolute Gasteiger partial charge is 0.311 e. The molecule has 32 heavy (non-hydrogen) atoms. The highest BCUT2D eigenvalue weighted by molar-refractivity contribution is 7.12. The van der Waals surface area contributed by atoms with E-state index in [0.717, 1.165) is 11.1 Å². The minimum Gasteiger partial charge on any atom is -0.619 e. The molecule has 0 aliphatic carbocycles. The number of ether oxygens (including phenoxy) is 1. The maximum Gasteiger partial charge on any atom is 0.311 e. The zero-order valence-electron chi connectivity index (χ0n) is 17.7. The molecule has 1 amide bonds. The average Bonchev–Trinajstić information content (AvgIpc) is 3.27. The maximum atomic E-state index is 12.8. The van der Waals surface area contributed by atoms with Gasteiger partial charge in [0.05, 0.1) is 17.9 Å². The number of methoxy groups -OCH3 is 1. The SMILES string of the molecule is COC(=O)[C@@H](Cc1cccc(C(=N)N)c1)C(C)NC(=O)c1cc(-c2ccc[n+]([O-])c2)cs1. The highest BCUT2D eigenvalue weighted by atomic mass is 32.1. The van der Waals surface area contributed by atoms with Crippen molar-refractivity contribution in [3.05, 3.63) is 81.4 Å². The molecule has 0 spiro atoms. The second kappa shape index (κ2) is 10.1. The number of aromatic nitrogens is 1. The predicted octanol–water partition coefficient (Wildman–Crippen LogP) is 2.48. The van der Waals surface area contributed by atoms with Crippen molar-refractivity contribution in [3.63, 3.8) is 0 Å². The fourth-order valence-electron chi connectivity index (χ4n) is 3.35. The number of thiophene rings is 1. The third kappa shape index (κ3) is 5.50. The van der Waals surface area contributed by atoms with Crippen molar-refractivity contribution in [2.75, 3.05) is 7.11 Å². The summed E-state index contributed by atoms with van der Waals surface area (Å²) in [5.74, 6) is -1.44. The number of esters is 1. The number of amides is 1. The second-order valence-electron chi connectivity index (χ2n) is 7.36. The van der Waals surface area contributed by atoms with E-state index >= 15 is 0 Å². The van der Waals surface area contributed by atoms with Gasteiger partial charge in [0.25, 0.3) is 5.91 Å². The van der Waals surface area contributed by atoms with E-state index in [1.54, 1.807) is 48.7 Å². The number of nitrogens with two attached hydrogens (primary N) is 1. The van der Waals surface area contributed by atoms with Gasteiger partial charge < -0.3 is 21.0 Å². The summed E-state index contributed by atoms with van der Waals surface area (Å²) in [6, 6.07) is 11.7. The van der Waals surface area contributed by atoms with Crippen LogP contribution in [0, 0.1) is 16.5 Å². The van der Waals surface area contributed by atoms with Gasteiger partial charge in [0.15, 0.2) is 12.4 Å². The number of pyridine rings is 1. The summed E-state index contributed by atoms with van der Waals surface area (Å²) in [5, 5.41) is 23.8. The Labute approximate surface area is 189 Å². The van der Waals surface area contributed by atoms with E-state index in [1.165, 1.54) is 30.8 Å². The molecule has 4 N–H and O–H groups in total. The molecule has 0 aliphatic heterocycles. The van der Waals surface area contributed by atoms with Crippen molar-refractivity contribution in [1.82, 2.24) is 5.32 Å². The van der Waals surface area contributed by atoms with Gasteiger partial charge >= 0.3 is 5.97 Å². The minimum atomic E-state index is -0.626. The van der Waals surface area contributed by atoms with Crippen LogP contribution in [0.3, 0.4) is 0 Å². The number of nitrogens with one attached hydrogen (secondary N) is 2. The fraction of sp³-hybridized carbons (Fsp3) is 0.217. The molecular formula is C23H24N4O4S. The molecule has 3 aromatic rings. The quantitative estimate of drug-likeness (QED) is 0.159. The lowest BCUT2D eigenvalue weighted by molar-refractivity contribution is -0.604. The van der Waals surface area contributed by atoms with Crippen LogP contribution in [0.2, 0.25) is 0 Å². The summed E-state index contributed by atoms with van der Waals surface area (Å²) < 4.78 is 5.66. The largest absolute Gasteiger partial charge is 0.619 e. The number of amidine groups is 1. The maximum absolute atomic E-state index is 12.8. The van der Waals surface area contributed by atoms with Crippen molar-refractivity contribution < 1.29 is 19.1 Å². The predicted molar refractivity (Wildman–Crippen MR) is 122 cm³/mol. The first-order valence-electron chi connectivity index (χ1n) is 9.88. The van der Waals surface area contributed by atoms with Crippen LogP contribution in [-0.4, -0.2) is 30.9 Å². The molecule has 8 nitrogen and oxygen atoms in total. The van der Waals surface area contributed by atoms with E-state index in [0.29, 0.717) is 27.2 Å². The van der Waals surface area contributed by atoms with Gasteiger partial charge in [-0.05, 0) is 48.1 Å². The van der Waals surface area contributed by atoms with E-state index in [-0.39, 0.29) is 11.7 Å². The summed E-state index contributed by atoms with van der Waals surface area (Å²) in [7, 11) is 1.31. The molecule has 166 valence electrons. The highest BCUT2D eigenvalue weighted by Crippen LogP contribution is 2.25. The van der Waals surface area contributed by atoms with Crippen LogP contribution in [0.5, 0.6) is 0 Å². The first-order valence-corrected chi connectivity index (χ1v) is 10.8. The van der Waals surface area contributed by atoms with Gasteiger partial charge in [0.2, 0.25) is 0 Å². The molecule has 0 fully saturated rings. The minimum absolute atomic E-state index is 0.0581. The summed E-state index contributed by atoms with van der Waals surface area (Å²) in [6.45, 7) is 1.75. The Morgan fingerprint density at radius 3 is 2.72 bits per heavy atom. The average molecular weight is 453 g/mol. The van der Waals surface area contributed by atoms with E-state index in [9.17, 15) is 14.8 Å². The molecule has 0 bridgehead atoms. The van der Waals surface area contributed by atoms with Gasteiger partial charge in [0.1, 0.15) is 5.84 Å². The number of rotatable bonds is 8. The van der Waals surface area contributed by atoms with E-state index in [4.69, 9.17) is 15.9 Å². The topological polar surface area (TPSA) is 132 Å². The zero-order chi connectivity index (χ0) is 23.3. The lowest BCUT2D eigenvalue weighted by Gasteiger charge is -2.23. The number of benzene rings is 1. The number of nitrogens with zero attached hydrogens (tertiary/aromatic N) is 1. The lowest BCUT2D eigenvalue weighted by atomic mass is 9.92. The van der Waals surface area contributed by atoms with Crippen molar-refractivity contribution in [2.24, 2.45) is 11.7 Å². The Bertz CT molecular complexity index is 1140. The number of hydrogen-bond acceptors (Lipinski definition) is 6. The first-order chi connectivity index (χ1) is 15.3. The Kier molecular flexibility index (Phi) is 7.21. The molecule has 2 aromatic heterocycles. The third-order valence-electron chi connectivity index (χ3n) is 5.09. The summed E-state index contributed by atoms with van der Waals surface area (Å²) >= 11 is 1.26. The van der Waals surface area contributed by atoms with Crippen molar-refractivity contribution in [1.29, 1.82) is 5.41 Å². The van der Waals surface area contributed by atoms with Crippen LogP contribution in [0.15, 0.2) is 60.2 Å². The van der Waals surface area contributed by atoms with Crippen LogP contribution < -0.4 is 15.8 Å². The van der Waals surface area contributed by atoms with Crippen LogP contribution in [0.4, 0.5) is 0 Å². The molecule has 0 saturated carbocycles. The van der Waals surface area contributed by atoms with Crippen LogP contribution in [0.25, 0.3) is 11.1 Å². The fourth-order valence-corrected chi connectivity index (χ4v) is 4.17. The summed E-state index contributed by atoms with van der Waals surface area (Å²) in [4.78, 5) is 25.7. The van der Waals surface area contributed by atoms with E-state index in [2.05, 4.69) is 5.32 Å². The summed E-state index contributed by atoms with van der Waals surface area (Å²) in [6.07, 6.45) is 3.15. The van der Waals surface area contributed by atoms with Gasteiger partial charge in [-0.1, -0.05) is 18.2 Å². The molecule has 0 saturated heterocycles. The van der Waals surface area contributed by atoms with E-state index < -0.39 is 17.9 Å². The van der Waals surface area contributed by atoms with Gasteiger partial charge in [0, 0.05) is 23.2 Å². The monoisotopic (exact) mass is 452 g/mol. The van der Waals surface area contributed by atoms with Crippen LogP contribution in [0.1, 0.15) is 27.7 Å². The van der Waals surface area contributed by atoms with E-state index in [1.807, 2.05) is 6.07 Å². The number of carbonyl (C=O) groups is 2. The third-order valence-corrected chi connectivity index (χ3v) is 6.02. The summed E-state index contributed by atoms with van der Waals surface area (Å²) in [5.41, 5.74) is 8.41. The molecule has 2 atom stereocenters. The molecule has 0 aliphatic rings. The normalized spacial score (nSPS) is 12.6.